The van der Waals surface area contributed by atoms with Gasteiger partial charge in [0.05, 0.1) is 28.3 Å². The molecule has 0 aliphatic heterocycles. The largest absolute Gasteiger partial charge is 0.673 e. The Kier molecular flexibility index (Phi) is 11.7. The minimum atomic E-state index is -6.00. The number of nitrogens with zero attached hydrogens (tertiary/aromatic N) is 2. The Labute approximate surface area is 125 Å². The van der Waals surface area contributed by atoms with Gasteiger partial charge in [-0.3, -0.25) is 0 Å². The molecule has 0 fully saturated rings. The summed E-state index contributed by atoms with van der Waals surface area (Å²) in [6.45, 7) is 2.17. The lowest BCUT2D eigenvalue weighted by Gasteiger charge is -2.29. The molecule has 0 aromatic rings. The molecule has 13 heteroatoms. The van der Waals surface area contributed by atoms with Crippen molar-refractivity contribution in [3.63, 3.8) is 0 Å². The van der Waals surface area contributed by atoms with Crippen LogP contribution in [0.25, 0.3) is 0 Å². The summed E-state index contributed by atoms with van der Waals surface area (Å²) in [7, 11) is 0.213. The van der Waals surface area contributed by atoms with Crippen LogP contribution in [-0.4, -0.2) is 77.9 Å². The predicted octanol–water partition coefficient (Wildman–Crippen LogP) is 3.00. The van der Waals surface area contributed by atoms with Gasteiger partial charge in [0.25, 0.3) is 0 Å². The topological polar surface area (TPSA) is 12.2 Å². The number of quaternary nitrogens is 1. The first-order valence-electron chi connectivity index (χ1n) is 5.94. The van der Waals surface area contributed by atoms with E-state index in [1.165, 1.54) is 0 Å². The van der Waals surface area contributed by atoms with Crippen LogP contribution in [0.5, 0.6) is 0 Å². The molecule has 0 N–H and O–H groups in total. The van der Waals surface area contributed by atoms with Crippen molar-refractivity contribution in [2.24, 2.45) is 0 Å². The average Bonchev–Trinajstić information content (AvgIpc) is 2.10. The molecule has 22 heavy (non-hydrogen) atoms. The third-order valence-corrected chi connectivity index (χ3v) is 2.17. The van der Waals surface area contributed by atoms with E-state index in [0.29, 0.717) is 6.04 Å². The van der Waals surface area contributed by atoms with Crippen LogP contribution in [0.3, 0.4) is 0 Å². The molecule has 3 nitrogen and oxygen atoms in total. The van der Waals surface area contributed by atoms with E-state index in [1.54, 1.807) is 7.11 Å². The second-order valence-corrected chi connectivity index (χ2v) is 5.22. The number of ether oxygens (including phenoxy) is 1. The van der Waals surface area contributed by atoms with E-state index in [1.807, 2.05) is 18.7 Å². The van der Waals surface area contributed by atoms with Gasteiger partial charge in [-0.15, -0.1) is 0 Å². The number of methoxy groups -OCH3 is 1. The maximum absolute atomic E-state index is 9.75. The molecule has 0 amide bonds. The van der Waals surface area contributed by atoms with E-state index in [2.05, 4.69) is 28.1 Å². The highest BCUT2D eigenvalue weighted by molar-refractivity contribution is 6.50. The summed E-state index contributed by atoms with van der Waals surface area (Å²) in [5.74, 6) is 1.02. The van der Waals surface area contributed by atoms with E-state index in [9.17, 15) is 34.5 Å². The summed E-state index contributed by atoms with van der Waals surface area (Å²) >= 11 is 0. The third kappa shape index (κ3) is 27.4. The van der Waals surface area contributed by atoms with Crippen LogP contribution >= 0.6 is 0 Å². The van der Waals surface area contributed by atoms with Crippen molar-refractivity contribution in [1.29, 1.82) is 0 Å². The standard InChI is InChI=1S/C9H22N2O.2BF4/c1-8(11(4,5)6)9(12-7)10(2)3;2*2-1(3,4)5/h8H,1-7H3;;/q+2;2*-1. The second kappa shape index (κ2) is 9.90. The summed E-state index contributed by atoms with van der Waals surface area (Å²) < 4.78 is 86.2. The molecule has 0 aliphatic carbocycles. The van der Waals surface area contributed by atoms with Gasteiger partial charge in [0, 0.05) is 6.92 Å². The highest BCUT2D eigenvalue weighted by atomic mass is 19.5. The number of likely N-dealkylation sites (N-methyl/N-ethyl adjacent to an activating group) is 1. The summed E-state index contributed by atoms with van der Waals surface area (Å²) in [5.41, 5.74) is 0. The summed E-state index contributed by atoms with van der Waals surface area (Å²) in [4.78, 5) is 0. The normalized spacial score (nSPS) is 13.0. The Balaban J connectivity index is -0.000000298. The first-order chi connectivity index (χ1) is 9.30. The molecule has 1 atom stereocenters. The molecule has 0 heterocycles. The summed E-state index contributed by atoms with van der Waals surface area (Å²) in [6.07, 6.45) is 0. The van der Waals surface area contributed by atoms with Gasteiger partial charge in [0.15, 0.2) is 0 Å². The second-order valence-electron chi connectivity index (χ2n) is 5.22. The minimum Gasteiger partial charge on any atom is -0.447 e. The molecule has 136 valence electrons. The first-order valence-corrected chi connectivity index (χ1v) is 5.94. The van der Waals surface area contributed by atoms with Gasteiger partial charge in [-0.25, -0.2) is 4.58 Å². The fourth-order valence-corrected chi connectivity index (χ4v) is 1.06. The minimum absolute atomic E-state index is 0.380. The van der Waals surface area contributed by atoms with Crippen LogP contribution in [0.4, 0.5) is 34.5 Å². The first kappa shape index (κ1) is 25.9. The Morgan fingerprint density at radius 3 is 1.14 bits per heavy atom. The van der Waals surface area contributed by atoms with Crippen LogP contribution < -0.4 is 0 Å². The lowest BCUT2D eigenvalue weighted by molar-refractivity contribution is -0.886. The molecular formula is C9H22B2F8N2O. The van der Waals surface area contributed by atoms with Crippen molar-refractivity contribution < 1.29 is 48.3 Å². The molecule has 0 aliphatic rings. The fraction of sp³-hybridized carbons (Fsp3) is 0.889. The molecule has 0 saturated heterocycles. The van der Waals surface area contributed by atoms with Gasteiger partial charge >= 0.3 is 20.4 Å². The number of hydrogen-bond donors (Lipinski definition) is 0. The van der Waals surface area contributed by atoms with E-state index < -0.39 is 14.5 Å². The maximum Gasteiger partial charge on any atom is 0.673 e. The van der Waals surface area contributed by atoms with E-state index in [0.717, 1.165) is 10.4 Å². The van der Waals surface area contributed by atoms with Gasteiger partial charge in [0.2, 0.25) is 6.04 Å². The van der Waals surface area contributed by atoms with Gasteiger partial charge in [-0.2, -0.15) is 0 Å². The quantitative estimate of drug-likeness (QED) is 0.187. The van der Waals surface area contributed by atoms with Crippen LogP contribution in [0.2, 0.25) is 0 Å². The van der Waals surface area contributed by atoms with Crippen LogP contribution in [-0.2, 0) is 4.74 Å². The van der Waals surface area contributed by atoms with Crippen molar-refractivity contribution in [1.82, 2.24) is 0 Å². The zero-order chi connectivity index (χ0) is 18.9. The SMILES string of the molecule is COC(C(C)[N+](C)(C)C)=[N+](C)C.F[B-](F)(F)F.F[B-](F)(F)F. The monoisotopic (exact) mass is 348 g/mol. The van der Waals surface area contributed by atoms with Crippen molar-refractivity contribution >= 4 is 20.4 Å². The molecule has 0 rings (SSSR count). The van der Waals surface area contributed by atoms with Crippen LogP contribution in [0.1, 0.15) is 6.92 Å². The van der Waals surface area contributed by atoms with Crippen molar-refractivity contribution in [2.45, 2.75) is 13.0 Å². The smallest absolute Gasteiger partial charge is 0.447 e. The number of hydrogen-bond acceptors (Lipinski definition) is 1. The highest BCUT2D eigenvalue weighted by Gasteiger charge is 2.31. The van der Waals surface area contributed by atoms with Crippen molar-refractivity contribution in [3.05, 3.63) is 0 Å². The van der Waals surface area contributed by atoms with E-state index >= 15 is 0 Å². The Hall–Kier alpha value is -1.00. The summed E-state index contributed by atoms with van der Waals surface area (Å²) in [6, 6.07) is 0.380. The zero-order valence-corrected chi connectivity index (χ0v) is 13.6. The molecule has 1 unspecified atom stereocenters. The summed E-state index contributed by atoms with van der Waals surface area (Å²) in [5, 5.41) is 0. The number of halogens is 8. The Morgan fingerprint density at radius 2 is 1.09 bits per heavy atom. The van der Waals surface area contributed by atoms with Crippen molar-refractivity contribution in [2.75, 3.05) is 42.3 Å². The lowest BCUT2D eigenvalue weighted by Crippen LogP contribution is -2.50. The molecule has 0 bridgehead atoms. The van der Waals surface area contributed by atoms with Crippen molar-refractivity contribution in [3.8, 4) is 0 Å². The van der Waals surface area contributed by atoms with Gasteiger partial charge in [0.1, 0.15) is 14.1 Å². The van der Waals surface area contributed by atoms with Gasteiger partial charge < -0.3 is 43.7 Å². The molecule has 0 aromatic carbocycles. The van der Waals surface area contributed by atoms with E-state index in [-0.39, 0.29) is 0 Å². The average molecular weight is 348 g/mol. The third-order valence-electron chi connectivity index (χ3n) is 2.17. The van der Waals surface area contributed by atoms with Crippen LogP contribution in [0, 0.1) is 0 Å². The lowest BCUT2D eigenvalue weighted by atomic mass is 10.2. The zero-order valence-electron chi connectivity index (χ0n) is 13.6. The molecule has 0 radical (unpaired) electrons. The Bertz CT molecular complexity index is 310. The van der Waals surface area contributed by atoms with E-state index in [4.69, 9.17) is 4.74 Å². The van der Waals surface area contributed by atoms with Gasteiger partial charge in [-0.1, -0.05) is 0 Å². The van der Waals surface area contributed by atoms with Gasteiger partial charge in [-0.05, 0) is 0 Å². The molecule has 0 spiro atoms. The number of rotatable bonds is 2. The highest BCUT2D eigenvalue weighted by Crippen LogP contribution is 2.07. The fourth-order valence-electron chi connectivity index (χ4n) is 1.06. The maximum atomic E-state index is 9.75. The molecule has 0 aromatic heterocycles. The predicted molar refractivity (Wildman–Crippen MR) is 72.0 cm³/mol. The molecular weight excluding hydrogens is 326 g/mol. The Morgan fingerprint density at radius 1 is 0.864 bits per heavy atom. The van der Waals surface area contributed by atoms with Crippen LogP contribution in [0.15, 0.2) is 0 Å². The molecule has 0 saturated carbocycles.